The van der Waals surface area contributed by atoms with Gasteiger partial charge in [0, 0.05) is 43.9 Å². The highest BCUT2D eigenvalue weighted by atomic mass is 16.6. The Kier molecular flexibility index (Phi) is 32.8. The number of fused-ring (bicyclic) bond motifs is 5. The molecule has 1 heterocycles. The third-order valence-electron chi connectivity index (χ3n) is 20.8. The number of amides is 1. The van der Waals surface area contributed by atoms with E-state index in [4.69, 9.17) is 42.6 Å². The molecule has 0 spiro atoms. The van der Waals surface area contributed by atoms with Gasteiger partial charge in [-0.25, -0.2) is 14.4 Å². The fourth-order valence-electron chi connectivity index (χ4n) is 15.0. The second-order valence-corrected chi connectivity index (χ2v) is 30.0. The predicted octanol–water partition coefficient (Wildman–Crippen LogP) is 13.4. The molecule has 0 radical (unpaired) electrons. The summed E-state index contributed by atoms with van der Waals surface area (Å²) < 4.78 is 53.3. The van der Waals surface area contributed by atoms with E-state index in [1.165, 1.54) is 136 Å². The molecule has 2 bridgehead atoms. The van der Waals surface area contributed by atoms with Gasteiger partial charge in [-0.3, -0.25) is 28.8 Å². The van der Waals surface area contributed by atoms with Gasteiger partial charge in [0.25, 0.3) is 0 Å². The van der Waals surface area contributed by atoms with Crippen LogP contribution in [0.25, 0.3) is 0 Å². The Balaban J connectivity index is 1.24. The highest BCUT2D eigenvalue weighted by Gasteiger charge is 2.73. The van der Waals surface area contributed by atoms with Gasteiger partial charge in [-0.15, -0.1) is 0 Å². The van der Waals surface area contributed by atoms with Crippen LogP contribution >= 0.6 is 0 Å². The summed E-state index contributed by atoms with van der Waals surface area (Å²) in [6.45, 7) is 15.2. The Morgan fingerprint density at radius 1 is 0.634 bits per heavy atom. The van der Waals surface area contributed by atoms with Crippen LogP contribution in [0.4, 0.5) is 4.79 Å². The van der Waals surface area contributed by atoms with Gasteiger partial charge in [-0.2, -0.15) is 0 Å². The van der Waals surface area contributed by atoms with Crippen LogP contribution in [0.15, 0.2) is 71.8 Å². The first-order valence-corrected chi connectivity index (χ1v) is 37.4. The Hall–Kier alpha value is -6.75. The number of carbonyl (C=O) groups is 9. The lowest BCUT2D eigenvalue weighted by Gasteiger charge is -2.62. The zero-order valence-corrected chi connectivity index (χ0v) is 61.8. The van der Waals surface area contributed by atoms with Crippen molar-refractivity contribution < 1.29 is 101 Å². The number of hydrogen-bond acceptors (Lipinski definition) is 21. The van der Waals surface area contributed by atoms with Crippen LogP contribution < -0.4 is 5.32 Å². The minimum atomic E-state index is -2.42. The number of carbonyl (C=O) groups excluding carboxylic acids is 9. The number of ketones is 1. The van der Waals surface area contributed by atoms with Crippen molar-refractivity contribution in [2.24, 2.45) is 16.7 Å². The number of unbranched alkanes of at least 4 members (excludes halogenated alkanes) is 20. The molecule has 22 nitrogen and oxygen atoms in total. The van der Waals surface area contributed by atoms with Crippen LogP contribution in [0.5, 0.6) is 0 Å². The molecule has 1 aliphatic heterocycles. The summed E-state index contributed by atoms with van der Waals surface area (Å²) in [6.07, 6.45) is 9.38. The number of benzene rings is 2. The predicted molar refractivity (Wildman–Crippen MR) is 375 cm³/mol. The van der Waals surface area contributed by atoms with Crippen molar-refractivity contribution in [3.8, 4) is 0 Å². The van der Waals surface area contributed by atoms with Gasteiger partial charge in [0.2, 0.25) is 6.10 Å². The van der Waals surface area contributed by atoms with Gasteiger partial charge in [-0.1, -0.05) is 205 Å². The van der Waals surface area contributed by atoms with Crippen LogP contribution in [0.1, 0.15) is 277 Å². The molecule has 6 rings (SSSR count). The number of rotatable bonds is 41. The highest BCUT2D eigenvalue weighted by Crippen LogP contribution is 2.62. The molecule has 4 aliphatic rings. The van der Waals surface area contributed by atoms with E-state index in [0.717, 1.165) is 51.4 Å². The monoisotopic (exact) mass is 1420 g/mol. The normalized spacial score (nSPS) is 24.6. The molecular weight excluding hydrogens is 1300 g/mol. The van der Waals surface area contributed by atoms with Crippen molar-refractivity contribution in [3.05, 3.63) is 82.9 Å². The number of nitrogens with one attached hydrogen (secondary N) is 1. The average Bonchev–Trinajstić information content (AvgIpc) is 1.68. The number of hydrogen-bond donors (Lipinski definition) is 4. The van der Waals surface area contributed by atoms with Crippen molar-refractivity contribution in [2.45, 2.75) is 321 Å². The van der Waals surface area contributed by atoms with E-state index in [9.17, 15) is 48.9 Å². The smallest absolute Gasteiger partial charge is 0.408 e. The molecule has 1 saturated heterocycles. The van der Waals surface area contributed by atoms with Gasteiger partial charge < -0.3 is 63.3 Å². The standard InChI is InChI=1S/C79H117NO21/c1-11-13-15-17-19-21-23-25-27-29-37-43-63(83)93-50-57(96-65(85)44-38-30-28-26-24-22-20-18-16-14-12-2)51-94-64(84)45-46-66(86)99-70(68(55-39-33-31-34-40-55)80-74(91)101-75(5,6)7)73(90)97-58-49-79(92)62(98-72(89)56-41-35-32-36-42-56)47-59-77(10,71(88)69(87)67(53(58)3)76(79,8)9)60(82)48-61-78(59,52-95-61)100-54(4)81/h31-36,39-42,57-62,68-70,82,87,92H,11-30,37-38,43-52H2,1-10H3,(H,80,91)/t57?,58-,59-,60-,61+,62-,68-,69+,70+,77-,78+,79+/m0/s1. The Labute approximate surface area is 598 Å². The minimum absolute atomic E-state index is 0.0512. The van der Waals surface area contributed by atoms with Crippen molar-refractivity contribution >= 4 is 53.7 Å². The zero-order valence-electron chi connectivity index (χ0n) is 61.8. The Morgan fingerprint density at radius 2 is 1.12 bits per heavy atom. The molecule has 3 aliphatic carbocycles. The van der Waals surface area contributed by atoms with Gasteiger partial charge in [0.1, 0.15) is 54.9 Å². The van der Waals surface area contributed by atoms with Crippen LogP contribution in [0.2, 0.25) is 0 Å². The molecule has 3 fully saturated rings. The van der Waals surface area contributed by atoms with Crippen LogP contribution in [-0.4, -0.2) is 148 Å². The number of aliphatic hydroxyl groups excluding tert-OH is 2. The molecule has 1 unspecified atom stereocenters. The van der Waals surface area contributed by atoms with E-state index in [1.807, 2.05) is 0 Å². The summed E-state index contributed by atoms with van der Waals surface area (Å²) in [5.41, 5.74) is -8.66. The van der Waals surface area contributed by atoms with E-state index in [1.54, 1.807) is 57.2 Å². The quantitative estimate of drug-likeness (QED) is 0.0208. The van der Waals surface area contributed by atoms with E-state index in [0.29, 0.717) is 12.8 Å². The first-order valence-electron chi connectivity index (χ1n) is 37.4. The Bertz CT molecular complexity index is 3050. The van der Waals surface area contributed by atoms with E-state index in [2.05, 4.69) is 19.2 Å². The summed E-state index contributed by atoms with van der Waals surface area (Å²) in [5, 5.41) is 41.3. The van der Waals surface area contributed by atoms with Crippen molar-refractivity contribution in [1.82, 2.24) is 5.32 Å². The minimum Gasteiger partial charge on any atom is -0.462 e. The largest absolute Gasteiger partial charge is 0.462 e. The lowest BCUT2D eigenvalue weighted by atomic mass is 9.52. The second-order valence-electron chi connectivity index (χ2n) is 30.0. The van der Waals surface area contributed by atoms with E-state index >= 15 is 9.59 Å². The Morgan fingerprint density at radius 3 is 1.62 bits per heavy atom. The molecule has 12 atom stereocenters. The number of aliphatic hydroxyl groups is 3. The second kappa shape index (κ2) is 39.8. The van der Waals surface area contributed by atoms with Crippen LogP contribution in [0, 0.1) is 16.7 Å². The topological polar surface area (TPSA) is 309 Å². The maximum Gasteiger partial charge on any atom is 0.408 e. The molecule has 2 aromatic carbocycles. The summed E-state index contributed by atoms with van der Waals surface area (Å²) >= 11 is 0. The maximum atomic E-state index is 15.5. The average molecular weight is 1420 g/mol. The van der Waals surface area contributed by atoms with Crippen LogP contribution in [-0.2, 0) is 76.2 Å². The number of alkyl carbamates (subject to hydrolysis) is 1. The van der Waals surface area contributed by atoms with E-state index < -0.39 is 168 Å². The number of ether oxygens (including phenoxy) is 9. The summed E-state index contributed by atoms with van der Waals surface area (Å²) in [7, 11) is 0. The molecule has 0 aromatic heterocycles. The van der Waals surface area contributed by atoms with Gasteiger partial charge in [0.05, 0.1) is 36.5 Å². The molecule has 22 heteroatoms. The lowest BCUT2D eigenvalue weighted by Crippen LogP contribution is -2.75. The van der Waals surface area contributed by atoms with Crippen molar-refractivity contribution in [2.75, 3.05) is 19.8 Å². The lowest BCUT2D eigenvalue weighted by molar-refractivity contribution is -0.323. The summed E-state index contributed by atoms with van der Waals surface area (Å²) in [6, 6.07) is 14.2. The molecule has 564 valence electrons. The molecular formula is C79H117NO21. The first kappa shape index (κ1) is 83.2. The van der Waals surface area contributed by atoms with Crippen molar-refractivity contribution in [1.29, 1.82) is 0 Å². The SMILES string of the molecule is CCCCCCCCCCCCCC(=O)OCC(COC(=O)CCC(=O)O[C@@H](C(=O)O[C@H]1C[C@@]2(O)[C@@H](OC(=O)c3ccccc3)C[C@@H]3[C@]4(OC(C)=O)CO[C@@H]4C[C@H](O)[C@@]3(C)C(=O)[C@H](O)C(=C1C)C2(C)C)[C@@H](NC(=O)OC(C)(C)C)c1ccccc1)OC(=O)CCCCCCCCCCCCC. The molecule has 2 aromatic rings. The van der Waals surface area contributed by atoms with Crippen LogP contribution in [0.3, 0.4) is 0 Å². The molecule has 101 heavy (non-hydrogen) atoms. The third-order valence-corrected chi connectivity index (χ3v) is 20.8. The van der Waals surface area contributed by atoms with Gasteiger partial charge in [0.15, 0.2) is 17.5 Å². The fraction of sp³-hybridized carbons (Fsp3) is 0.709. The summed E-state index contributed by atoms with van der Waals surface area (Å²) in [5.74, 6) is -8.37. The van der Waals surface area contributed by atoms with Gasteiger partial charge >= 0.3 is 47.9 Å². The summed E-state index contributed by atoms with van der Waals surface area (Å²) in [4.78, 5) is 127. The highest BCUT2D eigenvalue weighted by molar-refractivity contribution is 5.93. The van der Waals surface area contributed by atoms with Gasteiger partial charge in [-0.05, 0) is 82.7 Å². The number of esters is 7. The molecule has 1 amide bonds. The molecule has 2 saturated carbocycles. The fourth-order valence-corrected chi connectivity index (χ4v) is 15.0. The molecule has 4 N–H and O–H groups in total. The van der Waals surface area contributed by atoms with Crippen molar-refractivity contribution in [3.63, 3.8) is 0 Å². The third kappa shape index (κ3) is 23.4. The first-order chi connectivity index (χ1) is 48.0. The van der Waals surface area contributed by atoms with E-state index in [-0.39, 0.29) is 54.7 Å². The maximum absolute atomic E-state index is 15.5. The number of Topliss-reactive ketones (excluding diaryl/α,β-unsaturated/α-hetero) is 1. The zero-order chi connectivity index (χ0) is 74.0.